The summed E-state index contributed by atoms with van der Waals surface area (Å²) in [5.41, 5.74) is 0.317. The first-order valence-electron chi connectivity index (χ1n) is 6.29. The molecule has 1 aliphatic carbocycles. The standard InChI is InChI=1S/C14H17F3O/c15-14(16,17)12-6-4-10(5-7-12)8-11-2-1-3-13(18)9-11/h4-7,11,13,18H,1-3,8-9H2. The predicted molar refractivity (Wildman–Crippen MR) is 63.1 cm³/mol. The minimum atomic E-state index is -4.26. The maximum absolute atomic E-state index is 12.4. The lowest BCUT2D eigenvalue weighted by Gasteiger charge is -2.25. The highest BCUT2D eigenvalue weighted by Crippen LogP contribution is 2.31. The summed E-state index contributed by atoms with van der Waals surface area (Å²) in [5.74, 6) is 0.394. The van der Waals surface area contributed by atoms with E-state index in [0.29, 0.717) is 5.92 Å². The second kappa shape index (κ2) is 5.31. The molecule has 0 radical (unpaired) electrons. The highest BCUT2D eigenvalue weighted by Gasteiger charge is 2.30. The van der Waals surface area contributed by atoms with Gasteiger partial charge in [-0.1, -0.05) is 18.6 Å². The molecule has 1 aromatic rings. The lowest BCUT2D eigenvalue weighted by Crippen LogP contribution is -2.21. The fourth-order valence-electron chi connectivity index (χ4n) is 2.61. The van der Waals surface area contributed by atoms with E-state index in [9.17, 15) is 18.3 Å². The van der Waals surface area contributed by atoms with Gasteiger partial charge in [-0.15, -0.1) is 0 Å². The minimum Gasteiger partial charge on any atom is -0.393 e. The first-order valence-corrected chi connectivity index (χ1v) is 6.29. The number of aliphatic hydroxyl groups excluding tert-OH is 1. The molecule has 1 nitrogen and oxygen atoms in total. The third-order valence-corrected chi connectivity index (χ3v) is 3.56. The molecule has 1 fully saturated rings. The van der Waals surface area contributed by atoms with E-state index >= 15 is 0 Å². The molecule has 0 spiro atoms. The quantitative estimate of drug-likeness (QED) is 0.855. The largest absolute Gasteiger partial charge is 0.416 e. The van der Waals surface area contributed by atoms with Crippen molar-refractivity contribution in [2.75, 3.05) is 0 Å². The van der Waals surface area contributed by atoms with Gasteiger partial charge in [0, 0.05) is 0 Å². The van der Waals surface area contributed by atoms with Gasteiger partial charge in [0.1, 0.15) is 0 Å². The van der Waals surface area contributed by atoms with Gasteiger partial charge in [0.15, 0.2) is 0 Å². The number of rotatable bonds is 2. The van der Waals surface area contributed by atoms with Crippen molar-refractivity contribution in [1.82, 2.24) is 0 Å². The molecular weight excluding hydrogens is 241 g/mol. The molecule has 18 heavy (non-hydrogen) atoms. The normalized spacial score (nSPS) is 25.1. The fourth-order valence-corrected chi connectivity index (χ4v) is 2.61. The zero-order valence-electron chi connectivity index (χ0n) is 10.1. The molecule has 0 heterocycles. The monoisotopic (exact) mass is 258 g/mol. The molecule has 2 atom stereocenters. The van der Waals surface area contributed by atoms with Crippen LogP contribution in [0.2, 0.25) is 0 Å². The Morgan fingerprint density at radius 2 is 1.78 bits per heavy atom. The molecule has 1 saturated carbocycles. The molecule has 2 unspecified atom stereocenters. The van der Waals surface area contributed by atoms with Gasteiger partial charge in [-0.05, 0) is 49.3 Å². The second-order valence-electron chi connectivity index (χ2n) is 5.09. The zero-order valence-corrected chi connectivity index (χ0v) is 10.1. The van der Waals surface area contributed by atoms with Crippen LogP contribution >= 0.6 is 0 Å². The lowest BCUT2D eigenvalue weighted by molar-refractivity contribution is -0.137. The Balaban J connectivity index is 1.98. The maximum Gasteiger partial charge on any atom is 0.416 e. The molecule has 4 heteroatoms. The van der Waals surface area contributed by atoms with Gasteiger partial charge in [-0.2, -0.15) is 13.2 Å². The summed E-state index contributed by atoms with van der Waals surface area (Å²) in [7, 11) is 0. The van der Waals surface area contributed by atoms with Crippen molar-refractivity contribution in [3.63, 3.8) is 0 Å². The molecular formula is C14H17F3O. The average molecular weight is 258 g/mol. The highest BCUT2D eigenvalue weighted by atomic mass is 19.4. The zero-order chi connectivity index (χ0) is 13.2. The van der Waals surface area contributed by atoms with Gasteiger partial charge in [0.2, 0.25) is 0 Å². The average Bonchev–Trinajstić information content (AvgIpc) is 2.28. The number of alkyl halides is 3. The topological polar surface area (TPSA) is 20.2 Å². The van der Waals surface area contributed by atoms with Gasteiger partial charge in [-0.25, -0.2) is 0 Å². The van der Waals surface area contributed by atoms with Gasteiger partial charge in [0.05, 0.1) is 11.7 Å². The van der Waals surface area contributed by atoms with Crippen molar-refractivity contribution in [3.8, 4) is 0 Å². The SMILES string of the molecule is OC1CCCC(Cc2ccc(C(F)(F)F)cc2)C1. The van der Waals surface area contributed by atoms with Crippen molar-refractivity contribution in [2.24, 2.45) is 5.92 Å². The van der Waals surface area contributed by atoms with Crippen molar-refractivity contribution in [3.05, 3.63) is 35.4 Å². The Labute approximate surface area is 105 Å². The third kappa shape index (κ3) is 3.48. The lowest BCUT2D eigenvalue weighted by atomic mass is 9.83. The summed E-state index contributed by atoms with van der Waals surface area (Å²) < 4.78 is 37.2. The molecule has 0 bridgehead atoms. The Bertz CT molecular complexity index is 383. The van der Waals surface area contributed by atoms with Crippen LogP contribution in [-0.2, 0) is 12.6 Å². The van der Waals surface area contributed by atoms with Crippen LogP contribution in [0.5, 0.6) is 0 Å². The number of benzene rings is 1. The summed E-state index contributed by atoms with van der Waals surface area (Å²) in [6.07, 6.45) is -0.0673. The third-order valence-electron chi connectivity index (χ3n) is 3.56. The van der Waals surface area contributed by atoms with Crippen LogP contribution in [0, 0.1) is 5.92 Å². The van der Waals surface area contributed by atoms with Gasteiger partial charge in [-0.3, -0.25) is 0 Å². The van der Waals surface area contributed by atoms with E-state index in [1.807, 2.05) is 0 Å². The first kappa shape index (κ1) is 13.4. The van der Waals surface area contributed by atoms with Gasteiger partial charge in [0.25, 0.3) is 0 Å². The molecule has 2 rings (SSSR count). The summed E-state index contributed by atoms with van der Waals surface area (Å²) in [6, 6.07) is 5.36. The van der Waals surface area contributed by atoms with Crippen molar-refractivity contribution in [2.45, 2.75) is 44.4 Å². The van der Waals surface area contributed by atoms with E-state index in [-0.39, 0.29) is 6.10 Å². The van der Waals surface area contributed by atoms with Gasteiger partial charge >= 0.3 is 6.18 Å². The molecule has 0 amide bonds. The molecule has 1 N–H and O–H groups in total. The van der Waals surface area contributed by atoms with Gasteiger partial charge < -0.3 is 5.11 Å². The van der Waals surface area contributed by atoms with E-state index < -0.39 is 11.7 Å². The van der Waals surface area contributed by atoms with Crippen LogP contribution < -0.4 is 0 Å². The van der Waals surface area contributed by atoms with Crippen LogP contribution in [0.1, 0.15) is 36.8 Å². The highest BCUT2D eigenvalue weighted by molar-refractivity contribution is 5.25. The van der Waals surface area contributed by atoms with E-state index in [0.717, 1.165) is 49.8 Å². The molecule has 1 aliphatic rings. The molecule has 0 aliphatic heterocycles. The Morgan fingerprint density at radius 1 is 1.11 bits per heavy atom. The minimum absolute atomic E-state index is 0.238. The van der Waals surface area contributed by atoms with Crippen LogP contribution in [0.3, 0.4) is 0 Å². The molecule has 0 aromatic heterocycles. The van der Waals surface area contributed by atoms with Crippen molar-refractivity contribution < 1.29 is 18.3 Å². The van der Waals surface area contributed by atoms with Crippen LogP contribution in [-0.4, -0.2) is 11.2 Å². The van der Waals surface area contributed by atoms with Crippen LogP contribution in [0.15, 0.2) is 24.3 Å². The number of hydrogen-bond donors (Lipinski definition) is 1. The first-order chi connectivity index (χ1) is 8.45. The number of aliphatic hydroxyl groups is 1. The maximum atomic E-state index is 12.4. The van der Waals surface area contributed by atoms with E-state index in [2.05, 4.69) is 0 Å². The van der Waals surface area contributed by atoms with E-state index in [1.165, 1.54) is 0 Å². The van der Waals surface area contributed by atoms with E-state index in [4.69, 9.17) is 0 Å². The van der Waals surface area contributed by atoms with E-state index in [1.54, 1.807) is 12.1 Å². The molecule has 100 valence electrons. The fraction of sp³-hybridized carbons (Fsp3) is 0.571. The van der Waals surface area contributed by atoms with Crippen LogP contribution in [0.4, 0.5) is 13.2 Å². The molecule has 0 saturated heterocycles. The van der Waals surface area contributed by atoms with Crippen LogP contribution in [0.25, 0.3) is 0 Å². The van der Waals surface area contributed by atoms with Crippen molar-refractivity contribution in [1.29, 1.82) is 0 Å². The van der Waals surface area contributed by atoms with Crippen molar-refractivity contribution >= 4 is 0 Å². The summed E-state index contributed by atoms with van der Waals surface area (Å²) in [4.78, 5) is 0. The predicted octanol–water partition coefficient (Wildman–Crippen LogP) is 3.80. The Hall–Kier alpha value is -1.03. The summed E-state index contributed by atoms with van der Waals surface area (Å²) in [5, 5.41) is 9.56. The Morgan fingerprint density at radius 3 is 2.33 bits per heavy atom. The number of halogens is 3. The Kier molecular flexibility index (Phi) is 3.95. The summed E-state index contributed by atoms with van der Waals surface area (Å²) in [6.45, 7) is 0. The summed E-state index contributed by atoms with van der Waals surface area (Å²) >= 11 is 0. The molecule has 1 aromatic carbocycles. The smallest absolute Gasteiger partial charge is 0.393 e. The second-order valence-corrected chi connectivity index (χ2v) is 5.09. The number of hydrogen-bond acceptors (Lipinski definition) is 1.